The summed E-state index contributed by atoms with van der Waals surface area (Å²) < 4.78 is 0.938. The lowest BCUT2D eigenvalue weighted by atomic mass is 9.92. The van der Waals surface area contributed by atoms with E-state index in [1.165, 1.54) is 0 Å². The van der Waals surface area contributed by atoms with Crippen LogP contribution in [0.5, 0.6) is 5.75 Å². The maximum atomic E-state index is 13.7. The number of alkyl halides is 1. The van der Waals surface area contributed by atoms with Crippen LogP contribution in [0.25, 0.3) is 31.6 Å². The van der Waals surface area contributed by atoms with Gasteiger partial charge in [-0.05, 0) is 65.9 Å². The third-order valence-corrected chi connectivity index (χ3v) is 8.13. The van der Waals surface area contributed by atoms with Gasteiger partial charge >= 0.3 is 0 Å². The number of benzene rings is 4. The average molecular weight is 500 g/mol. The van der Waals surface area contributed by atoms with Crippen molar-refractivity contribution in [1.29, 1.82) is 0 Å². The molecule has 0 aliphatic carbocycles. The number of nitrogens with two attached hydrogens (primary N) is 1. The van der Waals surface area contributed by atoms with E-state index in [9.17, 15) is 9.90 Å². The van der Waals surface area contributed by atoms with Crippen molar-refractivity contribution in [1.82, 2.24) is 4.98 Å². The van der Waals surface area contributed by atoms with Gasteiger partial charge in [-0.25, -0.2) is 4.98 Å². The second-order valence-corrected chi connectivity index (χ2v) is 10.3. The Bertz CT molecular complexity index is 1630. The highest BCUT2D eigenvalue weighted by Gasteiger charge is 2.35. The standard InChI is InChI=1S/C28H22ClN3O2S/c1-15-3-2-4-20-23(33)12-22-26(25(15)20)18(13-29)14-32(22)28(34)17-7-10-21-24(11-17)35-27(31-21)16-5-8-19(30)9-6-16/h2-12,18,33H,13-14,30H2,1H3/t18-/m1/s1. The summed E-state index contributed by atoms with van der Waals surface area (Å²) in [4.78, 5) is 20.2. The molecule has 0 saturated carbocycles. The van der Waals surface area contributed by atoms with E-state index in [1.54, 1.807) is 22.3 Å². The number of nitrogens with zero attached hydrogens (tertiary/aromatic N) is 2. The number of hydrogen-bond donors (Lipinski definition) is 2. The highest BCUT2D eigenvalue weighted by Crippen LogP contribution is 2.46. The summed E-state index contributed by atoms with van der Waals surface area (Å²) in [5, 5.41) is 13.4. The van der Waals surface area contributed by atoms with E-state index in [-0.39, 0.29) is 17.6 Å². The number of aromatic nitrogens is 1. The summed E-state index contributed by atoms with van der Waals surface area (Å²) in [7, 11) is 0. The number of carbonyl (C=O) groups excluding carboxylic acids is 1. The molecule has 1 aliphatic heterocycles. The van der Waals surface area contributed by atoms with Gasteiger partial charge in [0.2, 0.25) is 0 Å². The first-order valence-corrected chi connectivity index (χ1v) is 12.7. The number of nitrogen functional groups attached to an aromatic ring is 1. The third-order valence-electron chi connectivity index (χ3n) is 6.69. The number of phenols is 1. The molecule has 4 aromatic carbocycles. The number of amides is 1. The number of carbonyl (C=O) groups is 1. The molecule has 5 aromatic rings. The van der Waals surface area contributed by atoms with Crippen molar-refractivity contribution >= 4 is 61.2 Å². The second kappa shape index (κ2) is 8.26. The molecular weight excluding hydrogens is 478 g/mol. The molecule has 174 valence electrons. The zero-order valence-corrected chi connectivity index (χ0v) is 20.5. The molecule has 1 aliphatic rings. The summed E-state index contributed by atoms with van der Waals surface area (Å²) in [6.45, 7) is 2.50. The van der Waals surface area contributed by atoms with Gasteiger partial charge in [-0.3, -0.25) is 4.79 Å². The molecule has 5 nitrogen and oxygen atoms in total. The Labute approximate surface area is 211 Å². The first-order chi connectivity index (χ1) is 16.9. The van der Waals surface area contributed by atoms with E-state index in [1.807, 2.05) is 67.6 Å². The molecule has 1 atom stereocenters. The van der Waals surface area contributed by atoms with Crippen molar-refractivity contribution < 1.29 is 9.90 Å². The largest absolute Gasteiger partial charge is 0.507 e. The summed E-state index contributed by atoms with van der Waals surface area (Å²) in [5.41, 5.74) is 11.7. The summed E-state index contributed by atoms with van der Waals surface area (Å²) in [6, 6.07) is 20.8. The first-order valence-electron chi connectivity index (χ1n) is 11.3. The van der Waals surface area contributed by atoms with Crippen molar-refractivity contribution in [3.63, 3.8) is 0 Å². The van der Waals surface area contributed by atoms with Crippen LogP contribution < -0.4 is 10.6 Å². The molecule has 0 fully saturated rings. The van der Waals surface area contributed by atoms with Crippen LogP contribution in [0.1, 0.15) is 27.4 Å². The lowest BCUT2D eigenvalue weighted by molar-refractivity contribution is 0.0988. The lowest BCUT2D eigenvalue weighted by Crippen LogP contribution is -2.30. The number of halogens is 1. The molecule has 35 heavy (non-hydrogen) atoms. The topological polar surface area (TPSA) is 79.5 Å². The Morgan fingerprint density at radius 1 is 1.17 bits per heavy atom. The summed E-state index contributed by atoms with van der Waals surface area (Å²) in [6.07, 6.45) is 0. The Hall–Kier alpha value is -3.61. The van der Waals surface area contributed by atoms with Gasteiger partial charge in [-0.1, -0.05) is 18.2 Å². The van der Waals surface area contributed by atoms with Crippen LogP contribution in [0, 0.1) is 6.92 Å². The van der Waals surface area contributed by atoms with Gasteiger partial charge in [0.25, 0.3) is 5.91 Å². The highest BCUT2D eigenvalue weighted by atomic mass is 35.5. The number of hydrogen-bond acceptors (Lipinski definition) is 5. The maximum Gasteiger partial charge on any atom is 0.258 e. The number of anilines is 2. The molecule has 6 rings (SSSR count). The van der Waals surface area contributed by atoms with Crippen molar-refractivity contribution in [3.8, 4) is 16.3 Å². The Morgan fingerprint density at radius 2 is 1.97 bits per heavy atom. The van der Waals surface area contributed by atoms with Crippen LogP contribution in [0.2, 0.25) is 0 Å². The van der Waals surface area contributed by atoms with Crippen LogP contribution in [0.4, 0.5) is 11.4 Å². The lowest BCUT2D eigenvalue weighted by Gasteiger charge is -2.19. The molecule has 7 heteroatoms. The van der Waals surface area contributed by atoms with Crippen molar-refractivity contribution in [2.45, 2.75) is 12.8 Å². The van der Waals surface area contributed by atoms with E-state index in [0.717, 1.165) is 48.4 Å². The summed E-state index contributed by atoms with van der Waals surface area (Å²) >= 11 is 7.92. The maximum absolute atomic E-state index is 13.7. The summed E-state index contributed by atoms with van der Waals surface area (Å²) in [5.74, 6) is 0.435. The number of phenolic OH excluding ortho intramolecular Hbond substituents is 1. The second-order valence-electron chi connectivity index (χ2n) is 8.92. The van der Waals surface area contributed by atoms with Crippen molar-refractivity contribution in [2.24, 2.45) is 0 Å². The van der Waals surface area contributed by atoms with E-state index < -0.39 is 0 Å². The molecule has 0 unspecified atom stereocenters. The predicted octanol–water partition coefficient (Wildman–Crippen LogP) is 6.70. The molecule has 0 saturated heterocycles. The van der Waals surface area contributed by atoms with E-state index in [4.69, 9.17) is 22.3 Å². The smallest absolute Gasteiger partial charge is 0.258 e. The fraction of sp³-hybridized carbons (Fsp3) is 0.143. The Balaban J connectivity index is 1.42. The zero-order valence-electron chi connectivity index (χ0n) is 19.0. The number of aromatic hydroxyl groups is 1. The minimum Gasteiger partial charge on any atom is -0.507 e. The van der Waals surface area contributed by atoms with Crippen LogP contribution in [-0.2, 0) is 0 Å². The minimum absolute atomic E-state index is 0.0101. The van der Waals surface area contributed by atoms with Gasteiger partial charge in [-0.2, -0.15) is 0 Å². The molecule has 1 aromatic heterocycles. The monoisotopic (exact) mass is 499 g/mol. The quantitative estimate of drug-likeness (QED) is 0.214. The van der Waals surface area contributed by atoms with Gasteiger partial charge in [-0.15, -0.1) is 22.9 Å². The van der Waals surface area contributed by atoms with Crippen LogP contribution in [0.15, 0.2) is 66.7 Å². The van der Waals surface area contributed by atoms with E-state index >= 15 is 0 Å². The number of thiazole rings is 1. The van der Waals surface area contributed by atoms with Crippen molar-refractivity contribution in [2.75, 3.05) is 23.1 Å². The average Bonchev–Trinajstić information content (AvgIpc) is 3.45. The normalized spacial score (nSPS) is 15.1. The first kappa shape index (κ1) is 21.9. The Morgan fingerprint density at radius 3 is 2.74 bits per heavy atom. The molecular formula is C28H22ClN3O2S. The fourth-order valence-corrected chi connectivity index (χ4v) is 6.24. The molecule has 0 radical (unpaired) electrons. The SMILES string of the molecule is Cc1cccc2c(O)cc3c(c12)[C@H](CCl)CN3C(=O)c1ccc2nc(-c3ccc(N)cc3)sc2c1. The van der Waals surface area contributed by atoms with Gasteiger partial charge in [0.05, 0.1) is 15.9 Å². The van der Waals surface area contributed by atoms with Gasteiger partial charge < -0.3 is 15.7 Å². The van der Waals surface area contributed by atoms with Crippen LogP contribution >= 0.6 is 22.9 Å². The predicted molar refractivity (Wildman–Crippen MR) is 145 cm³/mol. The molecule has 2 heterocycles. The number of fused-ring (bicyclic) bond motifs is 4. The van der Waals surface area contributed by atoms with Gasteiger partial charge in [0, 0.05) is 46.6 Å². The van der Waals surface area contributed by atoms with Crippen LogP contribution in [0.3, 0.4) is 0 Å². The number of rotatable bonds is 3. The van der Waals surface area contributed by atoms with Gasteiger partial charge in [0.15, 0.2) is 0 Å². The molecule has 0 bridgehead atoms. The third kappa shape index (κ3) is 3.52. The van der Waals surface area contributed by atoms with Gasteiger partial charge in [0.1, 0.15) is 10.8 Å². The molecule has 0 spiro atoms. The van der Waals surface area contributed by atoms with E-state index in [0.29, 0.717) is 23.7 Å². The van der Waals surface area contributed by atoms with Crippen molar-refractivity contribution in [3.05, 3.63) is 83.4 Å². The van der Waals surface area contributed by atoms with Crippen LogP contribution in [-0.4, -0.2) is 28.4 Å². The minimum atomic E-state index is -0.115. The zero-order chi connectivity index (χ0) is 24.3. The number of aryl methyl sites for hydroxylation is 1. The highest BCUT2D eigenvalue weighted by molar-refractivity contribution is 7.21. The fourth-order valence-electron chi connectivity index (χ4n) is 4.98. The molecule has 3 N–H and O–H groups in total. The molecule has 1 amide bonds. The Kier molecular flexibility index (Phi) is 5.16. The van der Waals surface area contributed by atoms with E-state index in [2.05, 4.69) is 0 Å².